The number of hydrogen-bond acceptors (Lipinski definition) is 1. The van der Waals surface area contributed by atoms with Crippen LogP contribution in [0.2, 0.25) is 5.02 Å². The Morgan fingerprint density at radius 3 is 2.52 bits per heavy atom. The summed E-state index contributed by atoms with van der Waals surface area (Å²) < 4.78 is 0. The highest BCUT2D eigenvalue weighted by atomic mass is 35.5. The minimum absolute atomic E-state index is 0.283. The Morgan fingerprint density at radius 1 is 1.10 bits per heavy atom. The first-order chi connectivity index (χ1) is 10.0. The first kappa shape index (κ1) is 16.1. The van der Waals surface area contributed by atoms with Gasteiger partial charge in [-0.3, -0.25) is 0 Å². The molecule has 112 valence electrons. The van der Waals surface area contributed by atoms with E-state index in [1.165, 1.54) is 27.8 Å². The van der Waals surface area contributed by atoms with Gasteiger partial charge in [-0.2, -0.15) is 0 Å². The first-order valence-electron chi connectivity index (χ1n) is 7.63. The Kier molecular flexibility index (Phi) is 5.44. The molecule has 0 aliphatic carbocycles. The third-order valence-corrected chi connectivity index (χ3v) is 4.20. The van der Waals surface area contributed by atoms with Gasteiger partial charge in [0.2, 0.25) is 0 Å². The number of nitrogens with one attached hydrogen (secondary N) is 1. The molecule has 0 spiro atoms. The molecule has 2 aromatic rings. The highest BCUT2D eigenvalue weighted by Crippen LogP contribution is 2.31. The van der Waals surface area contributed by atoms with Crippen LogP contribution in [0.25, 0.3) is 11.1 Å². The largest absolute Gasteiger partial charge is 0.310 e. The van der Waals surface area contributed by atoms with Gasteiger partial charge in [0.25, 0.3) is 0 Å². The van der Waals surface area contributed by atoms with E-state index in [9.17, 15) is 0 Å². The van der Waals surface area contributed by atoms with Gasteiger partial charge in [-0.05, 0) is 62.1 Å². The molecule has 2 heteroatoms. The topological polar surface area (TPSA) is 12.0 Å². The van der Waals surface area contributed by atoms with Crippen molar-refractivity contribution in [3.8, 4) is 11.1 Å². The maximum absolute atomic E-state index is 6.51. The highest BCUT2D eigenvalue weighted by molar-refractivity contribution is 6.31. The van der Waals surface area contributed by atoms with E-state index in [0.717, 1.165) is 18.0 Å². The van der Waals surface area contributed by atoms with Crippen LogP contribution in [0, 0.1) is 13.8 Å². The number of hydrogen-bond donors (Lipinski definition) is 1. The summed E-state index contributed by atoms with van der Waals surface area (Å²) in [5.74, 6) is 0. The van der Waals surface area contributed by atoms with Crippen molar-refractivity contribution in [2.24, 2.45) is 0 Å². The van der Waals surface area contributed by atoms with Crippen LogP contribution in [0.4, 0.5) is 0 Å². The van der Waals surface area contributed by atoms with Crippen LogP contribution in [0.3, 0.4) is 0 Å². The SMILES string of the molecule is CCCNC(C)c1ccc(-c2cc(C)ccc2C)cc1Cl. The van der Waals surface area contributed by atoms with Crippen molar-refractivity contribution >= 4 is 11.6 Å². The number of benzene rings is 2. The molecular formula is C19H24ClN. The lowest BCUT2D eigenvalue weighted by atomic mass is 9.96. The molecule has 21 heavy (non-hydrogen) atoms. The summed E-state index contributed by atoms with van der Waals surface area (Å²) in [6, 6.07) is 13.2. The molecule has 0 amide bonds. The number of aryl methyl sites for hydroxylation is 2. The maximum atomic E-state index is 6.51. The normalized spacial score (nSPS) is 12.4. The summed E-state index contributed by atoms with van der Waals surface area (Å²) in [5, 5.41) is 4.32. The predicted molar refractivity (Wildman–Crippen MR) is 93.1 cm³/mol. The summed E-state index contributed by atoms with van der Waals surface area (Å²) in [7, 11) is 0. The van der Waals surface area contributed by atoms with Crippen LogP contribution >= 0.6 is 11.6 Å². The molecular weight excluding hydrogens is 278 g/mol. The van der Waals surface area contributed by atoms with Gasteiger partial charge in [0.1, 0.15) is 0 Å². The molecule has 0 aliphatic heterocycles. The van der Waals surface area contributed by atoms with Crippen molar-refractivity contribution in [1.29, 1.82) is 0 Å². The van der Waals surface area contributed by atoms with Gasteiger partial charge in [0.15, 0.2) is 0 Å². The fraction of sp³-hybridized carbons (Fsp3) is 0.368. The Hall–Kier alpha value is -1.31. The summed E-state index contributed by atoms with van der Waals surface area (Å²) >= 11 is 6.51. The van der Waals surface area contributed by atoms with E-state index in [0.29, 0.717) is 0 Å². The second kappa shape index (κ2) is 7.11. The molecule has 1 nitrogen and oxygen atoms in total. The smallest absolute Gasteiger partial charge is 0.0459 e. The fourth-order valence-electron chi connectivity index (χ4n) is 2.56. The van der Waals surface area contributed by atoms with Crippen LogP contribution in [-0.4, -0.2) is 6.54 Å². The number of rotatable bonds is 5. The van der Waals surface area contributed by atoms with E-state index in [2.05, 4.69) is 69.4 Å². The van der Waals surface area contributed by atoms with Gasteiger partial charge in [-0.25, -0.2) is 0 Å². The van der Waals surface area contributed by atoms with E-state index in [4.69, 9.17) is 11.6 Å². The van der Waals surface area contributed by atoms with E-state index >= 15 is 0 Å². The van der Waals surface area contributed by atoms with Crippen molar-refractivity contribution in [3.63, 3.8) is 0 Å². The molecule has 2 aromatic carbocycles. The molecule has 0 heterocycles. The minimum Gasteiger partial charge on any atom is -0.310 e. The Bertz CT molecular complexity index is 619. The maximum Gasteiger partial charge on any atom is 0.0459 e. The van der Waals surface area contributed by atoms with Crippen molar-refractivity contribution in [2.45, 2.75) is 40.2 Å². The van der Waals surface area contributed by atoms with Crippen LogP contribution in [0.5, 0.6) is 0 Å². The standard InChI is InChI=1S/C19H24ClN/c1-5-10-21-15(4)17-9-8-16(12-19(17)20)18-11-13(2)6-7-14(18)3/h6-9,11-12,15,21H,5,10H2,1-4H3. The molecule has 0 fully saturated rings. The molecule has 1 N–H and O–H groups in total. The van der Waals surface area contributed by atoms with E-state index in [1.54, 1.807) is 0 Å². The lowest BCUT2D eigenvalue weighted by Crippen LogP contribution is -2.19. The Balaban J connectivity index is 2.32. The summed E-state index contributed by atoms with van der Waals surface area (Å²) in [6.07, 6.45) is 1.13. The summed E-state index contributed by atoms with van der Waals surface area (Å²) in [4.78, 5) is 0. The number of halogens is 1. The second-order valence-corrected chi connectivity index (χ2v) is 6.14. The van der Waals surface area contributed by atoms with Gasteiger partial charge in [0.05, 0.1) is 0 Å². The zero-order valence-electron chi connectivity index (χ0n) is 13.3. The third kappa shape index (κ3) is 3.87. The summed E-state index contributed by atoms with van der Waals surface area (Å²) in [6.45, 7) is 9.60. The molecule has 1 unspecified atom stereocenters. The van der Waals surface area contributed by atoms with Gasteiger partial charge < -0.3 is 5.32 Å². The van der Waals surface area contributed by atoms with Crippen molar-refractivity contribution in [2.75, 3.05) is 6.54 Å². The van der Waals surface area contributed by atoms with Crippen LogP contribution in [0.1, 0.15) is 43.0 Å². The van der Waals surface area contributed by atoms with Gasteiger partial charge in [0, 0.05) is 11.1 Å². The zero-order chi connectivity index (χ0) is 15.4. The van der Waals surface area contributed by atoms with Crippen LogP contribution < -0.4 is 5.32 Å². The minimum atomic E-state index is 0.283. The molecule has 0 aromatic heterocycles. The molecule has 0 radical (unpaired) electrons. The van der Waals surface area contributed by atoms with Gasteiger partial charge >= 0.3 is 0 Å². The molecule has 0 saturated heterocycles. The van der Waals surface area contributed by atoms with Crippen LogP contribution in [0.15, 0.2) is 36.4 Å². The second-order valence-electron chi connectivity index (χ2n) is 5.73. The van der Waals surface area contributed by atoms with E-state index < -0.39 is 0 Å². The third-order valence-electron chi connectivity index (χ3n) is 3.87. The molecule has 0 aliphatic rings. The van der Waals surface area contributed by atoms with Crippen molar-refractivity contribution in [1.82, 2.24) is 5.32 Å². The Morgan fingerprint density at radius 2 is 1.86 bits per heavy atom. The predicted octanol–water partition coefficient (Wildman–Crippen LogP) is 5.68. The zero-order valence-corrected chi connectivity index (χ0v) is 14.1. The van der Waals surface area contributed by atoms with E-state index in [1.807, 2.05) is 0 Å². The fourth-order valence-corrected chi connectivity index (χ4v) is 2.91. The lowest BCUT2D eigenvalue weighted by Gasteiger charge is -2.16. The molecule has 1 atom stereocenters. The van der Waals surface area contributed by atoms with Gasteiger partial charge in [-0.1, -0.05) is 54.4 Å². The average Bonchev–Trinajstić information content (AvgIpc) is 2.47. The average molecular weight is 302 g/mol. The molecule has 0 bridgehead atoms. The Labute approximate surface area is 133 Å². The van der Waals surface area contributed by atoms with Crippen molar-refractivity contribution < 1.29 is 0 Å². The van der Waals surface area contributed by atoms with Gasteiger partial charge in [-0.15, -0.1) is 0 Å². The van der Waals surface area contributed by atoms with Crippen LogP contribution in [-0.2, 0) is 0 Å². The first-order valence-corrected chi connectivity index (χ1v) is 8.01. The highest BCUT2D eigenvalue weighted by Gasteiger charge is 2.11. The summed E-state index contributed by atoms with van der Waals surface area (Å²) in [5.41, 5.74) is 6.17. The molecule has 2 rings (SSSR count). The molecule has 0 saturated carbocycles. The monoisotopic (exact) mass is 301 g/mol. The van der Waals surface area contributed by atoms with Crippen molar-refractivity contribution in [3.05, 3.63) is 58.1 Å². The quantitative estimate of drug-likeness (QED) is 0.748. The lowest BCUT2D eigenvalue weighted by molar-refractivity contribution is 0.571. The van der Waals surface area contributed by atoms with E-state index in [-0.39, 0.29) is 6.04 Å².